The van der Waals surface area contributed by atoms with E-state index in [1.165, 1.54) is 17.0 Å². The molecule has 9 heteroatoms. The van der Waals surface area contributed by atoms with E-state index in [9.17, 15) is 22.8 Å². The van der Waals surface area contributed by atoms with Gasteiger partial charge in [0.25, 0.3) is 0 Å². The van der Waals surface area contributed by atoms with Crippen LogP contribution in [-0.4, -0.2) is 58.9 Å². The lowest BCUT2D eigenvalue weighted by Gasteiger charge is -2.54. The molecule has 1 N–H and O–H groups in total. The number of nitrogens with zero attached hydrogens (tertiary/aromatic N) is 3. The number of likely N-dealkylation sites (N-methyl/N-ethyl adjacent to an activating group) is 1. The van der Waals surface area contributed by atoms with Crippen molar-refractivity contribution >= 4 is 23.7 Å². The molecular weight excluding hydrogens is 529 g/mol. The van der Waals surface area contributed by atoms with Crippen LogP contribution >= 0.6 is 0 Å². The minimum atomic E-state index is -1.39. The lowest BCUT2D eigenvalue weighted by molar-refractivity contribution is -0.162. The molecular formula is C32H31F3N4O2. The third-order valence-electron chi connectivity index (χ3n) is 9.24. The summed E-state index contributed by atoms with van der Waals surface area (Å²) in [6.45, 7) is 2.69. The van der Waals surface area contributed by atoms with Crippen LogP contribution in [0.4, 0.5) is 19.0 Å². The van der Waals surface area contributed by atoms with Crippen molar-refractivity contribution in [1.82, 2.24) is 14.8 Å². The van der Waals surface area contributed by atoms with Crippen LogP contribution in [-0.2, 0) is 33.4 Å². The molecule has 3 atom stereocenters. The third-order valence-corrected chi connectivity index (χ3v) is 9.24. The smallest absolute Gasteiger partial charge is 0.246 e. The van der Waals surface area contributed by atoms with Crippen molar-refractivity contribution in [3.05, 3.63) is 100 Å². The van der Waals surface area contributed by atoms with Crippen molar-refractivity contribution in [3.8, 4) is 0 Å². The van der Waals surface area contributed by atoms with Gasteiger partial charge in [0.2, 0.25) is 11.8 Å². The highest BCUT2D eigenvalue weighted by Crippen LogP contribution is 2.46. The Morgan fingerprint density at radius 2 is 1.76 bits per heavy atom. The van der Waals surface area contributed by atoms with Gasteiger partial charge < -0.3 is 10.2 Å². The number of fused-ring (bicyclic) bond motifs is 3. The van der Waals surface area contributed by atoms with Gasteiger partial charge in [0.15, 0.2) is 0 Å². The first kappa shape index (κ1) is 27.2. The Kier molecular flexibility index (Phi) is 6.33. The van der Waals surface area contributed by atoms with E-state index in [4.69, 9.17) is 0 Å². The molecule has 2 aliphatic heterocycles. The van der Waals surface area contributed by atoms with Gasteiger partial charge in [0, 0.05) is 30.9 Å². The summed E-state index contributed by atoms with van der Waals surface area (Å²) in [5.41, 5.74) is 1.11. The summed E-state index contributed by atoms with van der Waals surface area (Å²) < 4.78 is 42.7. The van der Waals surface area contributed by atoms with Crippen molar-refractivity contribution in [1.29, 1.82) is 0 Å². The molecule has 3 heterocycles. The summed E-state index contributed by atoms with van der Waals surface area (Å²) in [6.07, 6.45) is 6.50. The molecule has 0 radical (unpaired) electrons. The van der Waals surface area contributed by atoms with Gasteiger partial charge in [0.05, 0.1) is 11.0 Å². The maximum atomic E-state index is 14.2. The highest BCUT2D eigenvalue weighted by molar-refractivity contribution is 6.06. The van der Waals surface area contributed by atoms with Crippen molar-refractivity contribution in [2.45, 2.75) is 43.2 Å². The van der Waals surface area contributed by atoms with Gasteiger partial charge in [-0.3, -0.25) is 14.5 Å². The number of anilines is 1. The zero-order valence-corrected chi connectivity index (χ0v) is 23.2. The van der Waals surface area contributed by atoms with Crippen molar-refractivity contribution < 1.29 is 22.8 Å². The Balaban J connectivity index is 1.28. The molecule has 212 valence electrons. The first-order valence-electron chi connectivity index (χ1n) is 13.6. The van der Waals surface area contributed by atoms with E-state index in [1.54, 1.807) is 32.0 Å². The molecule has 1 aliphatic carbocycles. The minimum Gasteiger partial charge on any atom is -0.327 e. The lowest BCUT2D eigenvalue weighted by Crippen LogP contribution is -2.70. The van der Waals surface area contributed by atoms with Crippen LogP contribution in [0, 0.1) is 11.6 Å². The monoisotopic (exact) mass is 560 g/mol. The van der Waals surface area contributed by atoms with E-state index < -0.39 is 40.7 Å². The van der Waals surface area contributed by atoms with Crippen LogP contribution in [0.25, 0.3) is 6.08 Å². The molecule has 6 rings (SSSR count). The molecule has 1 saturated heterocycles. The van der Waals surface area contributed by atoms with Gasteiger partial charge in [-0.25, -0.2) is 18.2 Å². The number of pyridine rings is 1. The zero-order valence-electron chi connectivity index (χ0n) is 23.2. The Morgan fingerprint density at radius 3 is 2.49 bits per heavy atom. The summed E-state index contributed by atoms with van der Waals surface area (Å²) >= 11 is 0. The van der Waals surface area contributed by atoms with Crippen LogP contribution in [0.3, 0.4) is 0 Å². The summed E-state index contributed by atoms with van der Waals surface area (Å²) in [5.74, 6) is -1.37. The van der Waals surface area contributed by atoms with E-state index in [1.807, 2.05) is 42.5 Å². The van der Waals surface area contributed by atoms with Crippen molar-refractivity contribution in [3.63, 3.8) is 0 Å². The van der Waals surface area contributed by atoms with Gasteiger partial charge in [-0.15, -0.1) is 0 Å². The first-order chi connectivity index (χ1) is 19.5. The second-order valence-corrected chi connectivity index (χ2v) is 11.8. The lowest BCUT2D eigenvalue weighted by atomic mass is 9.79. The maximum absolute atomic E-state index is 14.2. The second kappa shape index (κ2) is 9.55. The highest BCUT2D eigenvalue weighted by Gasteiger charge is 2.53. The standard InChI is InChI=1S/C32H31F3N4O2/c1-30(18-33)29(41)39(31(2,19-38(30)3)23-13-24(34)15-25(35)14-23)11-5-6-20-8-9-21-16-32(17-22(21)12-20)26-7-4-10-36-27(26)37-28(32)40/h4-10,12-15H,11,16-19H2,1-3H3,(H,36,37,40)/t30?,31?,32-/m1/s1. The molecule has 2 aromatic carbocycles. The van der Waals surface area contributed by atoms with E-state index in [0.29, 0.717) is 24.2 Å². The largest absolute Gasteiger partial charge is 0.327 e. The molecule has 3 aromatic rings. The van der Waals surface area contributed by atoms with Gasteiger partial charge in [-0.1, -0.05) is 36.4 Å². The molecule has 2 amide bonds. The second-order valence-electron chi connectivity index (χ2n) is 11.8. The van der Waals surface area contributed by atoms with Crippen LogP contribution in [0.2, 0.25) is 0 Å². The number of hydrogen-bond acceptors (Lipinski definition) is 4. The number of nitrogens with one attached hydrogen (secondary N) is 1. The fourth-order valence-electron chi connectivity index (χ4n) is 6.64. The van der Waals surface area contributed by atoms with Crippen LogP contribution in [0.15, 0.2) is 60.8 Å². The Hall–Kier alpha value is -3.98. The van der Waals surface area contributed by atoms with Crippen molar-refractivity contribution in [2.24, 2.45) is 0 Å². The van der Waals surface area contributed by atoms with Crippen LogP contribution in [0.5, 0.6) is 0 Å². The molecule has 0 saturated carbocycles. The number of piperazine rings is 1. The van der Waals surface area contributed by atoms with E-state index >= 15 is 0 Å². The normalized spacial score (nSPS) is 27.5. The van der Waals surface area contributed by atoms with E-state index in [-0.39, 0.29) is 19.0 Å². The fraction of sp³-hybridized carbons (Fsp3) is 0.344. The van der Waals surface area contributed by atoms with Crippen LogP contribution in [0.1, 0.15) is 41.7 Å². The number of benzene rings is 2. The Labute approximate surface area is 236 Å². The topological polar surface area (TPSA) is 65.5 Å². The van der Waals surface area contributed by atoms with Crippen molar-refractivity contribution in [2.75, 3.05) is 32.1 Å². The molecule has 6 nitrogen and oxygen atoms in total. The van der Waals surface area contributed by atoms with Gasteiger partial charge in [-0.05, 0) is 74.2 Å². The minimum absolute atomic E-state index is 0.0444. The number of amides is 2. The quantitative estimate of drug-likeness (QED) is 0.488. The SMILES string of the molecule is CN1CC(C)(c2cc(F)cc(F)c2)N(CC=Cc2ccc3c(c2)C[C@@]2(C3)C(=O)Nc3ncccc32)C(=O)C1(C)CF. The average Bonchev–Trinajstić information content (AvgIpc) is 3.45. The van der Waals surface area contributed by atoms with E-state index in [2.05, 4.69) is 10.3 Å². The fourth-order valence-corrected chi connectivity index (χ4v) is 6.64. The van der Waals surface area contributed by atoms with Gasteiger partial charge in [0.1, 0.15) is 29.7 Å². The summed E-state index contributed by atoms with van der Waals surface area (Å²) in [6, 6.07) is 13.1. The summed E-state index contributed by atoms with van der Waals surface area (Å²) in [5, 5.41) is 2.92. The number of alkyl halides is 1. The predicted octanol–water partition coefficient (Wildman–Crippen LogP) is 4.78. The van der Waals surface area contributed by atoms with Gasteiger partial charge >= 0.3 is 0 Å². The highest BCUT2D eigenvalue weighted by atomic mass is 19.1. The number of carbonyl (C=O) groups is 2. The number of rotatable bonds is 5. The molecule has 0 bridgehead atoms. The molecule has 1 spiro atoms. The molecule has 1 fully saturated rings. The predicted molar refractivity (Wildman–Crippen MR) is 150 cm³/mol. The Morgan fingerprint density at radius 1 is 1.02 bits per heavy atom. The number of aromatic nitrogens is 1. The molecule has 3 aliphatic rings. The van der Waals surface area contributed by atoms with Gasteiger partial charge in [-0.2, -0.15) is 0 Å². The molecule has 1 aromatic heterocycles. The molecule has 41 heavy (non-hydrogen) atoms. The number of carbonyl (C=O) groups excluding carboxylic acids is 2. The van der Waals surface area contributed by atoms with E-state index in [0.717, 1.165) is 28.3 Å². The Bertz CT molecular complexity index is 1590. The number of halogens is 3. The zero-order chi connectivity index (χ0) is 29.2. The van der Waals surface area contributed by atoms with Crippen LogP contribution < -0.4 is 5.32 Å². The average molecular weight is 561 g/mol. The summed E-state index contributed by atoms with van der Waals surface area (Å²) in [7, 11) is 1.65. The number of hydrogen-bond donors (Lipinski definition) is 1. The third kappa shape index (κ3) is 4.17. The molecule has 2 unspecified atom stereocenters. The first-order valence-corrected chi connectivity index (χ1v) is 13.6. The maximum Gasteiger partial charge on any atom is 0.246 e. The summed E-state index contributed by atoms with van der Waals surface area (Å²) in [4.78, 5) is 34.2.